The normalized spacial score (nSPS) is 15.3. The van der Waals surface area contributed by atoms with Crippen molar-refractivity contribution < 1.29 is 9.59 Å². The summed E-state index contributed by atoms with van der Waals surface area (Å²) in [5.41, 5.74) is 3.47. The van der Waals surface area contributed by atoms with Gasteiger partial charge in [0.2, 0.25) is 5.91 Å². The van der Waals surface area contributed by atoms with Crippen molar-refractivity contribution in [2.24, 2.45) is 5.41 Å². The second kappa shape index (κ2) is 9.94. The zero-order valence-electron chi connectivity index (χ0n) is 19.2. The molecular weight excluding hydrogens is 412 g/mol. The quantitative estimate of drug-likeness (QED) is 0.623. The molecule has 0 atom stereocenters. The van der Waals surface area contributed by atoms with Gasteiger partial charge in [-0.2, -0.15) is 0 Å². The van der Waals surface area contributed by atoms with Crippen LogP contribution in [-0.2, 0) is 11.2 Å². The second-order valence-corrected chi connectivity index (χ2v) is 9.05. The van der Waals surface area contributed by atoms with Gasteiger partial charge in [0.25, 0.3) is 5.91 Å². The maximum Gasteiger partial charge on any atom is 0.253 e. The summed E-state index contributed by atoms with van der Waals surface area (Å²) in [6.07, 6.45) is 8.76. The van der Waals surface area contributed by atoms with Crippen LogP contribution in [0.25, 0.3) is 11.1 Å². The Bertz CT molecular complexity index is 1070. The average molecular weight is 443 g/mol. The molecule has 1 saturated heterocycles. The molecule has 6 heteroatoms. The van der Waals surface area contributed by atoms with E-state index in [2.05, 4.69) is 39.6 Å². The van der Waals surface area contributed by atoms with Gasteiger partial charge in [-0.05, 0) is 74.1 Å². The van der Waals surface area contributed by atoms with E-state index in [1.165, 1.54) is 0 Å². The molecule has 2 aromatic heterocycles. The van der Waals surface area contributed by atoms with Crippen LogP contribution in [-0.4, -0.2) is 45.8 Å². The Morgan fingerprint density at radius 2 is 1.42 bits per heavy atom. The predicted molar refractivity (Wildman–Crippen MR) is 128 cm³/mol. The third kappa shape index (κ3) is 5.28. The lowest BCUT2D eigenvalue weighted by Gasteiger charge is -2.41. The van der Waals surface area contributed by atoms with Crippen molar-refractivity contribution in [1.82, 2.24) is 20.2 Å². The lowest BCUT2D eigenvalue weighted by molar-refractivity contribution is -0.134. The Balaban J connectivity index is 1.51. The van der Waals surface area contributed by atoms with Crippen molar-refractivity contribution in [2.75, 3.05) is 13.1 Å². The van der Waals surface area contributed by atoms with Crippen LogP contribution in [0.3, 0.4) is 0 Å². The summed E-state index contributed by atoms with van der Waals surface area (Å²) < 4.78 is 0. The molecule has 1 aliphatic rings. The molecule has 4 rings (SSSR count). The number of pyridine rings is 2. The zero-order chi connectivity index (χ0) is 23.3. The third-order valence-electron chi connectivity index (χ3n) is 6.35. The lowest BCUT2D eigenvalue weighted by Crippen LogP contribution is -2.52. The molecule has 1 N–H and O–H groups in total. The van der Waals surface area contributed by atoms with Gasteiger partial charge in [-0.1, -0.05) is 24.3 Å². The molecule has 2 amide bonds. The van der Waals surface area contributed by atoms with Crippen LogP contribution in [0.4, 0.5) is 0 Å². The van der Waals surface area contributed by atoms with Gasteiger partial charge < -0.3 is 10.2 Å². The first-order chi connectivity index (χ1) is 16.0. The number of carbonyl (C=O) groups is 2. The fraction of sp³-hybridized carbons (Fsp3) is 0.333. The molecule has 0 bridgehead atoms. The fourth-order valence-electron chi connectivity index (χ4n) is 4.46. The summed E-state index contributed by atoms with van der Waals surface area (Å²) in [6.45, 7) is 5.08. The lowest BCUT2D eigenvalue weighted by atomic mass is 9.72. The highest BCUT2D eigenvalue weighted by Gasteiger charge is 2.42. The molecule has 3 aromatic rings. The van der Waals surface area contributed by atoms with Crippen LogP contribution in [0.15, 0.2) is 73.3 Å². The topological polar surface area (TPSA) is 75.2 Å². The summed E-state index contributed by atoms with van der Waals surface area (Å²) >= 11 is 0. The summed E-state index contributed by atoms with van der Waals surface area (Å²) in [5.74, 6) is 0.0729. The van der Waals surface area contributed by atoms with Gasteiger partial charge in [0.15, 0.2) is 0 Å². The van der Waals surface area contributed by atoms with Crippen molar-refractivity contribution in [3.05, 3.63) is 84.4 Å². The molecule has 1 fully saturated rings. The van der Waals surface area contributed by atoms with Gasteiger partial charge in [-0.25, -0.2) is 0 Å². The minimum Gasteiger partial charge on any atom is -0.353 e. The number of aromatic nitrogens is 2. The number of benzene rings is 1. The first kappa shape index (κ1) is 22.6. The van der Waals surface area contributed by atoms with Crippen molar-refractivity contribution >= 4 is 11.8 Å². The number of nitrogens with zero attached hydrogens (tertiary/aromatic N) is 3. The van der Waals surface area contributed by atoms with Crippen LogP contribution >= 0.6 is 0 Å². The number of amides is 2. The Kier molecular flexibility index (Phi) is 6.82. The van der Waals surface area contributed by atoms with Crippen LogP contribution < -0.4 is 5.32 Å². The van der Waals surface area contributed by atoms with E-state index in [9.17, 15) is 9.59 Å². The number of piperidine rings is 1. The van der Waals surface area contributed by atoms with E-state index >= 15 is 0 Å². The van der Waals surface area contributed by atoms with E-state index in [-0.39, 0.29) is 17.9 Å². The molecule has 6 nitrogen and oxygen atoms in total. The van der Waals surface area contributed by atoms with Crippen LogP contribution in [0.2, 0.25) is 0 Å². The maximum atomic E-state index is 13.3. The maximum absolute atomic E-state index is 13.3. The summed E-state index contributed by atoms with van der Waals surface area (Å²) in [5, 5.41) is 3.13. The minimum absolute atomic E-state index is 0.00280. The van der Waals surface area contributed by atoms with E-state index in [0.717, 1.165) is 16.7 Å². The van der Waals surface area contributed by atoms with E-state index < -0.39 is 5.41 Å². The smallest absolute Gasteiger partial charge is 0.253 e. The van der Waals surface area contributed by atoms with E-state index in [4.69, 9.17) is 0 Å². The van der Waals surface area contributed by atoms with Crippen molar-refractivity contribution in [3.8, 4) is 11.1 Å². The van der Waals surface area contributed by atoms with Crippen molar-refractivity contribution in [2.45, 2.75) is 39.2 Å². The molecule has 0 unspecified atom stereocenters. The van der Waals surface area contributed by atoms with Gasteiger partial charge in [0.1, 0.15) is 0 Å². The highest BCUT2D eigenvalue weighted by atomic mass is 16.2. The van der Waals surface area contributed by atoms with Gasteiger partial charge in [-0.3, -0.25) is 19.6 Å². The SMILES string of the molecule is CC(C)NC(=O)C1(Cc2ccc(-c3ccncc3)cc2)CCN(C(=O)c2ccncc2)CC1. The molecule has 0 radical (unpaired) electrons. The average Bonchev–Trinajstić information content (AvgIpc) is 2.85. The molecule has 0 saturated carbocycles. The van der Waals surface area contributed by atoms with Gasteiger partial charge >= 0.3 is 0 Å². The van der Waals surface area contributed by atoms with Crippen LogP contribution in [0.5, 0.6) is 0 Å². The molecule has 0 aliphatic carbocycles. The van der Waals surface area contributed by atoms with E-state index in [0.29, 0.717) is 37.9 Å². The van der Waals surface area contributed by atoms with Gasteiger partial charge in [0, 0.05) is 49.5 Å². The summed E-state index contributed by atoms with van der Waals surface area (Å²) in [6, 6.07) is 15.9. The Morgan fingerprint density at radius 1 is 0.879 bits per heavy atom. The number of likely N-dealkylation sites (tertiary alicyclic amines) is 1. The van der Waals surface area contributed by atoms with Crippen LogP contribution in [0.1, 0.15) is 42.6 Å². The molecule has 0 spiro atoms. The molecule has 1 aliphatic heterocycles. The first-order valence-electron chi connectivity index (χ1n) is 11.5. The van der Waals surface area contributed by atoms with E-state index in [1.54, 1.807) is 36.9 Å². The zero-order valence-corrected chi connectivity index (χ0v) is 19.2. The molecule has 170 valence electrons. The van der Waals surface area contributed by atoms with Crippen molar-refractivity contribution in [3.63, 3.8) is 0 Å². The Hall–Kier alpha value is -3.54. The molecule has 3 heterocycles. The monoisotopic (exact) mass is 442 g/mol. The highest BCUT2D eigenvalue weighted by Crippen LogP contribution is 2.36. The number of hydrogen-bond acceptors (Lipinski definition) is 4. The van der Waals surface area contributed by atoms with Gasteiger partial charge in [0.05, 0.1) is 5.41 Å². The van der Waals surface area contributed by atoms with Crippen molar-refractivity contribution in [1.29, 1.82) is 0 Å². The fourth-order valence-corrected chi connectivity index (χ4v) is 4.46. The predicted octanol–water partition coefficient (Wildman–Crippen LogP) is 4.13. The largest absolute Gasteiger partial charge is 0.353 e. The number of rotatable bonds is 6. The molecule has 1 aromatic carbocycles. The Morgan fingerprint density at radius 3 is 2.00 bits per heavy atom. The summed E-state index contributed by atoms with van der Waals surface area (Å²) in [7, 11) is 0. The standard InChI is InChI=1S/C27H30N4O2/c1-20(2)30-26(33)27(11-17-31(18-12-27)25(32)24-9-15-29-16-10-24)19-21-3-5-22(6-4-21)23-7-13-28-14-8-23/h3-10,13-16,20H,11-12,17-19H2,1-2H3,(H,30,33). The van der Waals surface area contributed by atoms with Gasteiger partial charge in [-0.15, -0.1) is 0 Å². The first-order valence-corrected chi connectivity index (χ1v) is 11.5. The second-order valence-electron chi connectivity index (χ2n) is 9.05. The number of carbonyl (C=O) groups excluding carboxylic acids is 2. The molecular formula is C27H30N4O2. The van der Waals surface area contributed by atoms with Crippen LogP contribution in [0, 0.1) is 5.41 Å². The minimum atomic E-state index is -0.530. The Labute approximate surface area is 195 Å². The summed E-state index contributed by atoms with van der Waals surface area (Å²) in [4.78, 5) is 36.1. The third-order valence-corrected chi connectivity index (χ3v) is 6.35. The number of hydrogen-bond donors (Lipinski definition) is 1. The molecule has 33 heavy (non-hydrogen) atoms. The van der Waals surface area contributed by atoms with E-state index in [1.807, 2.05) is 30.9 Å². The highest BCUT2D eigenvalue weighted by molar-refractivity contribution is 5.94. The number of nitrogens with one attached hydrogen (secondary N) is 1.